The summed E-state index contributed by atoms with van der Waals surface area (Å²) in [6, 6.07) is 15.5. The van der Waals surface area contributed by atoms with Gasteiger partial charge < -0.3 is 5.32 Å². The van der Waals surface area contributed by atoms with Crippen molar-refractivity contribution in [1.82, 2.24) is 0 Å². The smallest absolute Gasteiger partial charge is 0.291 e. The number of anilines is 1. The van der Waals surface area contributed by atoms with Gasteiger partial charge in [0.25, 0.3) is 11.8 Å². The molecule has 0 spiro atoms. The molecule has 4 rings (SSSR count). The molecule has 0 saturated carbocycles. The summed E-state index contributed by atoms with van der Waals surface area (Å²) in [4.78, 5) is 24.8. The normalized spacial score (nSPS) is 18.7. The first kappa shape index (κ1) is 21.2. The highest BCUT2D eigenvalue weighted by Crippen LogP contribution is 2.34. The minimum Gasteiger partial charge on any atom is -0.322 e. The van der Waals surface area contributed by atoms with E-state index in [1.54, 1.807) is 0 Å². The van der Waals surface area contributed by atoms with Crippen LogP contribution in [0, 0.1) is 0 Å². The first-order chi connectivity index (χ1) is 14.8. The monoisotopic (exact) mass is 415 g/mol. The van der Waals surface area contributed by atoms with Gasteiger partial charge in [0, 0.05) is 23.2 Å². The molecule has 2 aromatic rings. The molecule has 1 aliphatic carbocycles. The van der Waals surface area contributed by atoms with Gasteiger partial charge in [0.2, 0.25) is 0 Å². The third-order valence-corrected chi connectivity index (χ3v) is 6.09. The van der Waals surface area contributed by atoms with Crippen LogP contribution in [0.1, 0.15) is 67.9 Å². The second kappa shape index (κ2) is 8.58. The van der Waals surface area contributed by atoms with Crippen molar-refractivity contribution in [3.63, 3.8) is 0 Å². The number of amides is 2. The molecule has 1 atom stereocenters. The minimum absolute atomic E-state index is 0.0536. The topological polar surface area (TPSA) is 70.9 Å². The molecule has 2 amide bonds. The molecule has 1 unspecified atom stereocenters. The maximum absolute atomic E-state index is 12.7. The van der Waals surface area contributed by atoms with Crippen molar-refractivity contribution in [3.05, 3.63) is 76.4 Å². The fraction of sp³-hybridized carbons (Fsp3) is 0.385. The molecular formula is C26H29N3O2. The zero-order valence-corrected chi connectivity index (χ0v) is 18.4. The van der Waals surface area contributed by atoms with Gasteiger partial charge in [-0.15, -0.1) is 5.11 Å². The Kier molecular flexibility index (Phi) is 5.86. The molecule has 5 nitrogen and oxygen atoms in total. The van der Waals surface area contributed by atoms with E-state index in [0.717, 1.165) is 48.1 Å². The second-order valence-corrected chi connectivity index (χ2v) is 9.43. The number of azo groups is 1. The Bertz CT molecular complexity index is 1060. The summed E-state index contributed by atoms with van der Waals surface area (Å²) >= 11 is 0. The van der Waals surface area contributed by atoms with Crippen LogP contribution in [0.3, 0.4) is 0 Å². The summed E-state index contributed by atoms with van der Waals surface area (Å²) in [6.45, 7) is 6.46. The Morgan fingerprint density at radius 2 is 1.81 bits per heavy atom. The number of rotatable bonds is 4. The number of carbonyl (C=O) groups is 2. The lowest BCUT2D eigenvalue weighted by atomic mass is 9.84. The highest BCUT2D eigenvalue weighted by molar-refractivity contribution is 6.04. The van der Waals surface area contributed by atoms with E-state index in [4.69, 9.17) is 0 Å². The predicted molar refractivity (Wildman–Crippen MR) is 122 cm³/mol. The predicted octanol–water partition coefficient (Wildman–Crippen LogP) is 6.01. The molecule has 0 radical (unpaired) electrons. The molecular weight excluding hydrogens is 386 g/mol. The van der Waals surface area contributed by atoms with Gasteiger partial charge in [-0.1, -0.05) is 45.0 Å². The molecule has 31 heavy (non-hydrogen) atoms. The largest absolute Gasteiger partial charge is 0.322 e. The number of hydrogen-bond acceptors (Lipinski definition) is 3. The van der Waals surface area contributed by atoms with Gasteiger partial charge in [0.1, 0.15) is 0 Å². The Balaban J connectivity index is 1.46. The molecule has 5 heteroatoms. The number of nitrogens with one attached hydrogen (secondary N) is 1. The first-order valence-corrected chi connectivity index (χ1v) is 11.0. The number of carbonyl (C=O) groups excluding carboxylic acids is 2. The van der Waals surface area contributed by atoms with Crippen LogP contribution >= 0.6 is 0 Å². The van der Waals surface area contributed by atoms with E-state index in [1.165, 1.54) is 5.56 Å². The van der Waals surface area contributed by atoms with E-state index in [0.29, 0.717) is 12.0 Å². The van der Waals surface area contributed by atoms with Gasteiger partial charge >= 0.3 is 0 Å². The van der Waals surface area contributed by atoms with Crippen molar-refractivity contribution >= 4 is 17.5 Å². The van der Waals surface area contributed by atoms with Crippen LogP contribution in [-0.4, -0.2) is 17.9 Å². The molecule has 2 aromatic carbocycles. The van der Waals surface area contributed by atoms with Crippen molar-refractivity contribution in [1.29, 1.82) is 0 Å². The van der Waals surface area contributed by atoms with E-state index >= 15 is 0 Å². The standard InChI is InChI=1S/C26H29N3O2/c1-26(2,3)19-13-11-18(12-14-19)24(30)27-20-8-6-7-17(15-20)16-23-21-9-4-5-10-22(21)25(31)29-28-23/h6-8,11-15,23H,4-5,9-10,16H2,1-3H3,(H,27,30). The van der Waals surface area contributed by atoms with Crippen molar-refractivity contribution in [2.45, 2.75) is 64.3 Å². The third kappa shape index (κ3) is 4.82. The van der Waals surface area contributed by atoms with Crippen LogP contribution in [0.2, 0.25) is 0 Å². The number of hydrogen-bond donors (Lipinski definition) is 1. The maximum atomic E-state index is 12.7. The van der Waals surface area contributed by atoms with Crippen LogP contribution < -0.4 is 5.32 Å². The van der Waals surface area contributed by atoms with Crippen LogP contribution in [0.5, 0.6) is 0 Å². The summed E-state index contributed by atoms with van der Waals surface area (Å²) in [5.74, 6) is -0.290. The maximum Gasteiger partial charge on any atom is 0.291 e. The minimum atomic E-state index is -0.163. The molecule has 1 heterocycles. The van der Waals surface area contributed by atoms with Crippen LogP contribution in [0.25, 0.3) is 0 Å². The second-order valence-electron chi connectivity index (χ2n) is 9.43. The van der Waals surface area contributed by atoms with Crippen molar-refractivity contribution < 1.29 is 9.59 Å². The third-order valence-electron chi connectivity index (χ3n) is 6.09. The van der Waals surface area contributed by atoms with Gasteiger partial charge in [-0.3, -0.25) is 9.59 Å². The molecule has 0 aromatic heterocycles. The first-order valence-electron chi connectivity index (χ1n) is 11.0. The van der Waals surface area contributed by atoms with Crippen molar-refractivity contribution in [2.24, 2.45) is 10.2 Å². The molecule has 2 aliphatic rings. The SMILES string of the molecule is CC(C)(C)c1ccc(C(=O)Nc2cccc(CC3N=NC(=O)C4=C3CCCC4)c2)cc1. The van der Waals surface area contributed by atoms with E-state index in [2.05, 4.69) is 36.3 Å². The Hall–Kier alpha value is -3.08. The van der Waals surface area contributed by atoms with E-state index in [-0.39, 0.29) is 23.3 Å². The van der Waals surface area contributed by atoms with Crippen LogP contribution in [0.4, 0.5) is 5.69 Å². The molecule has 1 aliphatic heterocycles. The highest BCUT2D eigenvalue weighted by Gasteiger charge is 2.28. The van der Waals surface area contributed by atoms with Crippen molar-refractivity contribution in [3.8, 4) is 0 Å². The van der Waals surface area contributed by atoms with E-state index in [9.17, 15) is 9.59 Å². The lowest BCUT2D eigenvalue weighted by molar-refractivity contribution is -0.115. The van der Waals surface area contributed by atoms with Gasteiger partial charge in [-0.05, 0) is 72.1 Å². The molecule has 1 N–H and O–H groups in total. The Morgan fingerprint density at radius 1 is 1.06 bits per heavy atom. The van der Waals surface area contributed by atoms with Gasteiger partial charge in [-0.2, -0.15) is 5.11 Å². The summed E-state index contributed by atoms with van der Waals surface area (Å²) in [7, 11) is 0. The van der Waals surface area contributed by atoms with Crippen LogP contribution in [0.15, 0.2) is 69.9 Å². The quantitative estimate of drug-likeness (QED) is 0.664. The van der Waals surface area contributed by atoms with Gasteiger partial charge in [0.15, 0.2) is 0 Å². The number of nitrogens with zero attached hydrogens (tertiary/aromatic N) is 2. The summed E-state index contributed by atoms with van der Waals surface area (Å²) < 4.78 is 0. The Morgan fingerprint density at radius 3 is 2.55 bits per heavy atom. The lowest BCUT2D eigenvalue weighted by Gasteiger charge is -2.25. The highest BCUT2D eigenvalue weighted by atomic mass is 16.2. The Labute approximate surface area is 183 Å². The van der Waals surface area contributed by atoms with E-state index in [1.807, 2.05) is 48.5 Å². The van der Waals surface area contributed by atoms with Crippen LogP contribution in [-0.2, 0) is 16.6 Å². The summed E-state index contributed by atoms with van der Waals surface area (Å²) in [5, 5.41) is 11.2. The average molecular weight is 416 g/mol. The lowest BCUT2D eigenvalue weighted by Crippen LogP contribution is -2.23. The summed E-state index contributed by atoms with van der Waals surface area (Å²) in [6.07, 6.45) is 4.56. The molecule has 0 saturated heterocycles. The van der Waals surface area contributed by atoms with Gasteiger partial charge in [-0.25, -0.2) is 0 Å². The van der Waals surface area contributed by atoms with Crippen molar-refractivity contribution in [2.75, 3.05) is 5.32 Å². The average Bonchev–Trinajstić information content (AvgIpc) is 2.76. The number of benzene rings is 2. The molecule has 0 bridgehead atoms. The molecule has 160 valence electrons. The summed E-state index contributed by atoms with van der Waals surface area (Å²) in [5.41, 5.74) is 5.73. The fourth-order valence-electron chi connectivity index (χ4n) is 4.28. The fourth-order valence-corrected chi connectivity index (χ4v) is 4.28. The zero-order valence-electron chi connectivity index (χ0n) is 18.4. The van der Waals surface area contributed by atoms with E-state index < -0.39 is 0 Å². The molecule has 0 fully saturated rings. The zero-order chi connectivity index (χ0) is 22.0. The van der Waals surface area contributed by atoms with Gasteiger partial charge in [0.05, 0.1) is 6.04 Å².